The van der Waals surface area contributed by atoms with Crippen LogP contribution in [0.25, 0.3) is 0 Å². The van der Waals surface area contributed by atoms with Crippen molar-refractivity contribution < 1.29 is 19.5 Å². The fraction of sp³-hybridized carbons (Fsp3) is 0.308. The zero-order valence-electron chi connectivity index (χ0n) is 11.1. The first-order valence-electron chi connectivity index (χ1n) is 6.00. The number of nitrogens with two attached hydrogens (primary N) is 1. The van der Waals surface area contributed by atoms with Crippen molar-refractivity contribution in [3.05, 3.63) is 35.4 Å². The van der Waals surface area contributed by atoms with Crippen LogP contribution in [-0.4, -0.2) is 36.0 Å². The number of hydrogen-bond acceptors (Lipinski definition) is 4. The van der Waals surface area contributed by atoms with Gasteiger partial charge in [-0.1, -0.05) is 12.1 Å². The molecule has 5 N–H and O–H groups in total. The van der Waals surface area contributed by atoms with Crippen molar-refractivity contribution in [2.45, 2.75) is 19.0 Å². The minimum Gasteiger partial charge on any atom is -0.481 e. The summed E-state index contributed by atoms with van der Waals surface area (Å²) >= 11 is 0. The van der Waals surface area contributed by atoms with Crippen LogP contribution in [0.2, 0.25) is 0 Å². The maximum absolute atomic E-state index is 11.5. The first-order valence-corrected chi connectivity index (χ1v) is 6.00. The molecule has 0 saturated carbocycles. The Kier molecular flexibility index (Phi) is 5.67. The molecule has 7 nitrogen and oxygen atoms in total. The summed E-state index contributed by atoms with van der Waals surface area (Å²) in [7, 11) is 1.54. The van der Waals surface area contributed by atoms with Gasteiger partial charge in [0.15, 0.2) is 0 Å². The maximum atomic E-state index is 11.5. The van der Waals surface area contributed by atoms with E-state index in [4.69, 9.17) is 10.8 Å². The highest BCUT2D eigenvalue weighted by atomic mass is 16.4. The Morgan fingerprint density at radius 3 is 2.35 bits per heavy atom. The van der Waals surface area contributed by atoms with Crippen molar-refractivity contribution in [2.75, 3.05) is 7.05 Å². The summed E-state index contributed by atoms with van der Waals surface area (Å²) in [5.74, 6) is -1.84. The van der Waals surface area contributed by atoms with Gasteiger partial charge in [-0.2, -0.15) is 0 Å². The van der Waals surface area contributed by atoms with E-state index in [1.54, 1.807) is 31.3 Å². The predicted molar refractivity (Wildman–Crippen MR) is 71.9 cm³/mol. The lowest BCUT2D eigenvalue weighted by atomic mass is 10.1. The van der Waals surface area contributed by atoms with Crippen molar-refractivity contribution in [3.8, 4) is 0 Å². The Bertz CT molecular complexity index is 499. The second kappa shape index (κ2) is 7.25. The average Bonchev–Trinajstić information content (AvgIpc) is 2.43. The molecule has 20 heavy (non-hydrogen) atoms. The number of hydrogen-bond donors (Lipinski definition) is 4. The van der Waals surface area contributed by atoms with Crippen LogP contribution in [-0.2, 0) is 16.1 Å². The highest BCUT2D eigenvalue weighted by Gasteiger charge is 2.16. The quantitative estimate of drug-likeness (QED) is 0.557. The van der Waals surface area contributed by atoms with Crippen molar-refractivity contribution in [1.29, 1.82) is 0 Å². The van der Waals surface area contributed by atoms with Gasteiger partial charge in [0.05, 0.1) is 12.5 Å². The Balaban J connectivity index is 2.51. The molecule has 0 spiro atoms. The molecule has 0 bridgehead atoms. The van der Waals surface area contributed by atoms with Crippen LogP contribution < -0.4 is 16.4 Å². The molecule has 2 amide bonds. The van der Waals surface area contributed by atoms with Gasteiger partial charge in [-0.05, 0) is 17.7 Å². The molecule has 1 aromatic carbocycles. The SMILES string of the molecule is CNC(=O)c1ccc(CNC(=O)C(N)CC(=O)O)cc1. The van der Waals surface area contributed by atoms with Crippen LogP contribution in [0.3, 0.4) is 0 Å². The lowest BCUT2D eigenvalue weighted by Crippen LogP contribution is -2.41. The summed E-state index contributed by atoms with van der Waals surface area (Å²) < 4.78 is 0. The van der Waals surface area contributed by atoms with Gasteiger partial charge in [0, 0.05) is 19.2 Å². The zero-order valence-corrected chi connectivity index (χ0v) is 11.1. The first-order chi connectivity index (χ1) is 9.43. The third kappa shape index (κ3) is 4.69. The molecule has 0 fully saturated rings. The first kappa shape index (κ1) is 15.6. The monoisotopic (exact) mass is 279 g/mol. The number of nitrogens with one attached hydrogen (secondary N) is 2. The Morgan fingerprint density at radius 2 is 1.85 bits per heavy atom. The summed E-state index contributed by atoms with van der Waals surface area (Å²) in [6.45, 7) is 0.222. The smallest absolute Gasteiger partial charge is 0.305 e. The third-order valence-electron chi connectivity index (χ3n) is 2.64. The second-order valence-electron chi connectivity index (χ2n) is 4.20. The largest absolute Gasteiger partial charge is 0.481 e. The number of carbonyl (C=O) groups excluding carboxylic acids is 2. The number of rotatable bonds is 6. The number of amides is 2. The summed E-state index contributed by atoms with van der Waals surface area (Å²) in [5, 5.41) is 13.6. The average molecular weight is 279 g/mol. The summed E-state index contributed by atoms with van der Waals surface area (Å²) in [6, 6.07) is 5.61. The highest BCUT2D eigenvalue weighted by molar-refractivity contribution is 5.94. The van der Waals surface area contributed by atoms with E-state index in [9.17, 15) is 14.4 Å². The maximum Gasteiger partial charge on any atom is 0.305 e. The predicted octanol–water partition coefficient (Wildman–Crippen LogP) is -0.536. The summed E-state index contributed by atoms with van der Waals surface area (Å²) in [6.07, 6.45) is -0.415. The lowest BCUT2D eigenvalue weighted by molar-refractivity contribution is -0.139. The number of carbonyl (C=O) groups is 3. The van der Waals surface area contributed by atoms with E-state index in [1.165, 1.54) is 0 Å². The number of benzene rings is 1. The molecule has 1 rings (SSSR count). The fourth-order valence-corrected chi connectivity index (χ4v) is 1.52. The Morgan fingerprint density at radius 1 is 1.25 bits per heavy atom. The van der Waals surface area contributed by atoms with Gasteiger partial charge in [0.2, 0.25) is 5.91 Å². The second-order valence-corrected chi connectivity index (χ2v) is 4.20. The minimum atomic E-state index is -1.12. The van der Waals surface area contributed by atoms with E-state index in [2.05, 4.69) is 10.6 Å². The van der Waals surface area contributed by atoms with Crippen molar-refractivity contribution in [1.82, 2.24) is 10.6 Å². The van der Waals surface area contributed by atoms with Crippen molar-refractivity contribution >= 4 is 17.8 Å². The Labute approximate surface area is 116 Å². The zero-order chi connectivity index (χ0) is 15.1. The molecule has 0 heterocycles. The molecule has 0 saturated heterocycles. The van der Waals surface area contributed by atoms with E-state index in [0.29, 0.717) is 5.56 Å². The van der Waals surface area contributed by atoms with Gasteiger partial charge in [0.1, 0.15) is 0 Å². The van der Waals surface area contributed by atoms with Crippen LogP contribution in [0.15, 0.2) is 24.3 Å². The lowest BCUT2D eigenvalue weighted by Gasteiger charge is -2.10. The molecule has 0 radical (unpaired) electrons. The molecule has 108 valence electrons. The van der Waals surface area contributed by atoms with Crippen molar-refractivity contribution in [3.63, 3.8) is 0 Å². The van der Waals surface area contributed by atoms with E-state index >= 15 is 0 Å². The molecular weight excluding hydrogens is 262 g/mol. The third-order valence-corrected chi connectivity index (χ3v) is 2.64. The standard InChI is InChI=1S/C13H17N3O4/c1-15-12(19)9-4-2-8(3-5-9)7-16-13(20)10(14)6-11(17)18/h2-5,10H,6-7,14H2,1H3,(H,15,19)(H,16,20)(H,17,18). The molecule has 7 heteroatoms. The molecule has 1 aromatic rings. The van der Waals surface area contributed by atoms with Crippen LogP contribution in [0.4, 0.5) is 0 Å². The van der Waals surface area contributed by atoms with Gasteiger partial charge in [-0.25, -0.2) is 0 Å². The minimum absolute atomic E-state index is 0.191. The van der Waals surface area contributed by atoms with Crippen LogP contribution >= 0.6 is 0 Å². The van der Waals surface area contributed by atoms with Crippen LogP contribution in [0.1, 0.15) is 22.3 Å². The van der Waals surface area contributed by atoms with E-state index < -0.39 is 24.3 Å². The van der Waals surface area contributed by atoms with Gasteiger partial charge in [-0.3, -0.25) is 14.4 Å². The summed E-state index contributed by atoms with van der Waals surface area (Å²) in [5.41, 5.74) is 6.72. The Hall–Kier alpha value is -2.41. The molecule has 0 aromatic heterocycles. The van der Waals surface area contributed by atoms with Crippen LogP contribution in [0, 0.1) is 0 Å². The van der Waals surface area contributed by atoms with Gasteiger partial charge >= 0.3 is 5.97 Å². The highest BCUT2D eigenvalue weighted by Crippen LogP contribution is 2.04. The topological polar surface area (TPSA) is 122 Å². The fourth-order valence-electron chi connectivity index (χ4n) is 1.52. The normalized spacial score (nSPS) is 11.5. The molecule has 0 aliphatic rings. The number of carboxylic acid groups (broad SMARTS) is 1. The van der Waals surface area contributed by atoms with Crippen molar-refractivity contribution in [2.24, 2.45) is 5.73 Å². The van der Waals surface area contributed by atoms with Gasteiger partial charge in [-0.15, -0.1) is 0 Å². The van der Waals surface area contributed by atoms with E-state index in [1.807, 2.05) is 0 Å². The molecule has 0 aliphatic heterocycles. The van der Waals surface area contributed by atoms with E-state index in [-0.39, 0.29) is 12.5 Å². The molecular formula is C13H17N3O4. The molecule has 1 unspecified atom stereocenters. The summed E-state index contributed by atoms with van der Waals surface area (Å²) in [4.78, 5) is 33.3. The van der Waals surface area contributed by atoms with E-state index in [0.717, 1.165) is 5.56 Å². The molecule has 1 atom stereocenters. The van der Waals surface area contributed by atoms with Crippen LogP contribution in [0.5, 0.6) is 0 Å². The number of carboxylic acids is 1. The van der Waals surface area contributed by atoms with Gasteiger partial charge in [0.25, 0.3) is 5.91 Å². The number of aliphatic carboxylic acids is 1. The molecule has 0 aliphatic carbocycles. The van der Waals surface area contributed by atoms with Gasteiger partial charge < -0.3 is 21.5 Å².